The Kier molecular flexibility index (Phi) is 5.38. The molecule has 0 radical (unpaired) electrons. The van der Waals surface area contributed by atoms with Crippen molar-refractivity contribution in [1.82, 2.24) is 0 Å². The van der Waals surface area contributed by atoms with Gasteiger partial charge >= 0.3 is 0 Å². The first-order valence-electron chi connectivity index (χ1n) is 7.41. The Balaban J connectivity index is 1.95. The lowest BCUT2D eigenvalue weighted by Gasteiger charge is -2.21. The maximum Gasteiger partial charge on any atom is 0.228 e. The Morgan fingerprint density at radius 1 is 0.952 bits per heavy atom. The maximum atomic E-state index is 12.0. The summed E-state index contributed by atoms with van der Waals surface area (Å²) in [4.78, 5) is 14.3. The van der Waals surface area contributed by atoms with Gasteiger partial charge in [-0.05, 0) is 43.7 Å². The highest BCUT2D eigenvalue weighted by Gasteiger charge is 2.05. The number of hydrogen-bond donors (Lipinski definition) is 1. The molecule has 0 heterocycles. The summed E-state index contributed by atoms with van der Waals surface area (Å²) in [6.07, 6.45) is 0.401. The third-order valence-electron chi connectivity index (χ3n) is 3.49. The fourth-order valence-corrected chi connectivity index (χ4v) is 2.33. The molecule has 0 fully saturated rings. The number of amides is 1. The van der Waals surface area contributed by atoms with E-state index in [-0.39, 0.29) is 5.91 Å². The van der Waals surface area contributed by atoms with E-state index < -0.39 is 0 Å². The zero-order valence-corrected chi connectivity index (χ0v) is 12.7. The number of carbonyl (C=O) groups excluding carboxylic acids is 1. The van der Waals surface area contributed by atoms with Crippen LogP contribution in [-0.4, -0.2) is 19.0 Å². The molecule has 0 aliphatic carbocycles. The largest absolute Gasteiger partial charge is 0.372 e. The number of benzene rings is 2. The monoisotopic (exact) mass is 282 g/mol. The van der Waals surface area contributed by atoms with Crippen LogP contribution in [0.25, 0.3) is 0 Å². The second-order valence-corrected chi connectivity index (χ2v) is 4.93. The average molecular weight is 282 g/mol. The molecule has 0 spiro atoms. The van der Waals surface area contributed by atoms with Gasteiger partial charge < -0.3 is 10.2 Å². The van der Waals surface area contributed by atoms with Crippen LogP contribution >= 0.6 is 0 Å². The van der Waals surface area contributed by atoms with Crippen LogP contribution in [0.15, 0.2) is 54.6 Å². The molecule has 0 aromatic heterocycles. The van der Waals surface area contributed by atoms with Crippen LogP contribution in [-0.2, 0) is 11.2 Å². The van der Waals surface area contributed by atoms with Crippen molar-refractivity contribution in [2.24, 2.45) is 0 Å². The quantitative estimate of drug-likeness (QED) is 0.876. The highest BCUT2D eigenvalue weighted by Crippen LogP contribution is 2.17. The molecular weight excluding hydrogens is 260 g/mol. The van der Waals surface area contributed by atoms with Crippen molar-refractivity contribution < 1.29 is 4.79 Å². The molecule has 1 N–H and O–H groups in total. The summed E-state index contributed by atoms with van der Waals surface area (Å²) in [6.45, 7) is 6.24. The van der Waals surface area contributed by atoms with Gasteiger partial charge in [-0.15, -0.1) is 0 Å². The lowest BCUT2D eigenvalue weighted by Crippen LogP contribution is -2.21. The Morgan fingerprint density at radius 3 is 2.14 bits per heavy atom. The van der Waals surface area contributed by atoms with E-state index in [1.165, 1.54) is 5.69 Å². The molecule has 21 heavy (non-hydrogen) atoms. The third-order valence-corrected chi connectivity index (χ3v) is 3.49. The summed E-state index contributed by atoms with van der Waals surface area (Å²) in [5.41, 5.74) is 3.04. The Bertz CT molecular complexity index is 560. The minimum absolute atomic E-state index is 0.0109. The van der Waals surface area contributed by atoms with Crippen LogP contribution in [0.5, 0.6) is 0 Å². The van der Waals surface area contributed by atoms with E-state index in [1.54, 1.807) is 0 Å². The van der Waals surface area contributed by atoms with Crippen LogP contribution in [0.3, 0.4) is 0 Å². The molecule has 1 amide bonds. The Labute approximate surface area is 126 Å². The van der Waals surface area contributed by atoms with Crippen molar-refractivity contribution in [3.05, 3.63) is 60.2 Å². The van der Waals surface area contributed by atoms with Crippen molar-refractivity contribution in [2.45, 2.75) is 20.3 Å². The molecule has 3 heteroatoms. The van der Waals surface area contributed by atoms with Gasteiger partial charge in [0.2, 0.25) is 5.91 Å². The van der Waals surface area contributed by atoms with Gasteiger partial charge in [-0.1, -0.05) is 30.3 Å². The number of nitrogens with one attached hydrogen (secondary N) is 1. The van der Waals surface area contributed by atoms with Gasteiger partial charge in [0.05, 0.1) is 6.42 Å². The van der Waals surface area contributed by atoms with Gasteiger partial charge in [0.25, 0.3) is 0 Å². The van der Waals surface area contributed by atoms with Crippen LogP contribution < -0.4 is 10.2 Å². The topological polar surface area (TPSA) is 32.3 Å². The van der Waals surface area contributed by atoms with E-state index >= 15 is 0 Å². The van der Waals surface area contributed by atoms with E-state index in [0.717, 1.165) is 24.3 Å². The first-order chi connectivity index (χ1) is 10.2. The van der Waals surface area contributed by atoms with Crippen LogP contribution in [0.4, 0.5) is 11.4 Å². The molecule has 2 rings (SSSR count). The molecule has 0 saturated carbocycles. The molecular formula is C18H22N2O. The van der Waals surface area contributed by atoms with Crippen molar-refractivity contribution >= 4 is 17.3 Å². The van der Waals surface area contributed by atoms with Gasteiger partial charge in [-0.3, -0.25) is 4.79 Å². The first kappa shape index (κ1) is 15.1. The number of nitrogens with zero attached hydrogens (tertiary/aromatic N) is 1. The molecule has 0 aliphatic heterocycles. The SMILES string of the molecule is CCN(CC)c1ccc(NC(=O)Cc2ccccc2)cc1. The summed E-state index contributed by atoms with van der Waals surface area (Å²) in [6, 6.07) is 17.8. The molecule has 0 saturated heterocycles. The second-order valence-electron chi connectivity index (χ2n) is 4.93. The highest BCUT2D eigenvalue weighted by molar-refractivity contribution is 5.92. The smallest absolute Gasteiger partial charge is 0.228 e. The molecule has 2 aromatic rings. The average Bonchev–Trinajstić information content (AvgIpc) is 2.51. The predicted octanol–water partition coefficient (Wildman–Crippen LogP) is 3.71. The van der Waals surface area contributed by atoms with Crippen molar-refractivity contribution in [3.63, 3.8) is 0 Å². The molecule has 0 atom stereocenters. The molecule has 0 aliphatic rings. The number of anilines is 2. The van der Waals surface area contributed by atoms with E-state index in [4.69, 9.17) is 0 Å². The summed E-state index contributed by atoms with van der Waals surface area (Å²) in [7, 11) is 0. The summed E-state index contributed by atoms with van der Waals surface area (Å²) < 4.78 is 0. The number of hydrogen-bond acceptors (Lipinski definition) is 2. The van der Waals surface area contributed by atoms with E-state index in [1.807, 2.05) is 54.6 Å². The zero-order valence-electron chi connectivity index (χ0n) is 12.7. The fourth-order valence-electron chi connectivity index (χ4n) is 2.33. The van der Waals surface area contributed by atoms with Gasteiger partial charge in [-0.25, -0.2) is 0 Å². The third kappa shape index (κ3) is 4.35. The maximum absolute atomic E-state index is 12.0. The summed E-state index contributed by atoms with van der Waals surface area (Å²) in [5.74, 6) is 0.0109. The van der Waals surface area contributed by atoms with Crippen molar-refractivity contribution in [1.29, 1.82) is 0 Å². The normalized spacial score (nSPS) is 10.2. The Morgan fingerprint density at radius 2 is 1.57 bits per heavy atom. The lowest BCUT2D eigenvalue weighted by molar-refractivity contribution is -0.115. The predicted molar refractivity (Wildman–Crippen MR) is 88.8 cm³/mol. The second kappa shape index (κ2) is 7.48. The van der Waals surface area contributed by atoms with Crippen molar-refractivity contribution in [3.8, 4) is 0 Å². The molecule has 110 valence electrons. The molecule has 0 unspecified atom stereocenters. The van der Waals surface area contributed by atoms with E-state index in [9.17, 15) is 4.79 Å². The summed E-state index contributed by atoms with van der Waals surface area (Å²) in [5, 5.41) is 2.94. The molecule has 3 nitrogen and oxygen atoms in total. The minimum atomic E-state index is 0.0109. The highest BCUT2D eigenvalue weighted by atomic mass is 16.1. The van der Waals surface area contributed by atoms with Crippen LogP contribution in [0, 0.1) is 0 Å². The zero-order chi connectivity index (χ0) is 15.1. The first-order valence-corrected chi connectivity index (χ1v) is 7.41. The van der Waals surface area contributed by atoms with Gasteiger partial charge in [0.1, 0.15) is 0 Å². The van der Waals surface area contributed by atoms with Crippen LogP contribution in [0.1, 0.15) is 19.4 Å². The standard InChI is InChI=1S/C18H22N2O/c1-3-20(4-2)17-12-10-16(11-13-17)19-18(21)14-15-8-6-5-7-9-15/h5-13H,3-4,14H2,1-2H3,(H,19,21). The lowest BCUT2D eigenvalue weighted by atomic mass is 10.1. The van der Waals surface area contributed by atoms with E-state index in [0.29, 0.717) is 6.42 Å². The van der Waals surface area contributed by atoms with Crippen molar-refractivity contribution in [2.75, 3.05) is 23.3 Å². The summed E-state index contributed by atoms with van der Waals surface area (Å²) >= 11 is 0. The number of carbonyl (C=O) groups is 1. The molecule has 0 bridgehead atoms. The minimum Gasteiger partial charge on any atom is -0.372 e. The van der Waals surface area contributed by atoms with Crippen LogP contribution in [0.2, 0.25) is 0 Å². The van der Waals surface area contributed by atoms with Gasteiger partial charge in [-0.2, -0.15) is 0 Å². The van der Waals surface area contributed by atoms with E-state index in [2.05, 4.69) is 24.1 Å². The van der Waals surface area contributed by atoms with Gasteiger partial charge in [0.15, 0.2) is 0 Å². The van der Waals surface area contributed by atoms with Gasteiger partial charge in [0, 0.05) is 24.5 Å². The Hall–Kier alpha value is -2.29. The number of rotatable bonds is 6. The fraction of sp³-hybridized carbons (Fsp3) is 0.278. The molecule has 2 aromatic carbocycles.